The Morgan fingerprint density at radius 3 is 2.73 bits per heavy atom. The Hall–Kier alpha value is -1.13. The molecule has 1 aliphatic rings. The number of benzene rings is 1. The van der Waals surface area contributed by atoms with Crippen LogP contribution in [0.4, 0.5) is 0 Å². The molecule has 22 heavy (non-hydrogen) atoms. The third-order valence-corrected chi connectivity index (χ3v) is 6.31. The van der Waals surface area contributed by atoms with Gasteiger partial charge in [-0.15, -0.1) is 0 Å². The summed E-state index contributed by atoms with van der Waals surface area (Å²) in [7, 11) is -3.75. The summed E-state index contributed by atoms with van der Waals surface area (Å²) < 4.78 is 27.0. The number of aliphatic hydroxyl groups excluding tert-OH is 1. The molecule has 3 atom stereocenters. The van der Waals surface area contributed by atoms with Crippen molar-refractivity contribution in [2.24, 2.45) is 5.92 Å². The van der Waals surface area contributed by atoms with E-state index in [4.69, 9.17) is 16.9 Å². The van der Waals surface area contributed by atoms with Crippen molar-refractivity contribution in [1.29, 1.82) is 5.26 Å². The third-order valence-electron chi connectivity index (χ3n) is 4.08. The molecule has 0 aliphatic carbocycles. The first-order valence-electron chi connectivity index (χ1n) is 7.17. The van der Waals surface area contributed by atoms with E-state index in [0.717, 1.165) is 6.42 Å². The Labute approximate surface area is 136 Å². The van der Waals surface area contributed by atoms with Gasteiger partial charge in [0.05, 0.1) is 27.6 Å². The molecular weight excluding hydrogens is 324 g/mol. The van der Waals surface area contributed by atoms with Gasteiger partial charge in [-0.25, -0.2) is 8.42 Å². The molecule has 1 saturated heterocycles. The molecule has 1 fully saturated rings. The first kappa shape index (κ1) is 17.2. The number of hydrogen-bond acceptors (Lipinski definition) is 4. The molecule has 0 amide bonds. The standard InChI is InChI=1S/C15H19ClN2O3S/c1-10-5-6-18(15(7-10)11(2)19)22(20,21)13-4-3-12(9-17)14(16)8-13/h3-4,8,10-11,15,19H,5-7H2,1-2H3/t10-,11-,15+/m1/s1. The van der Waals surface area contributed by atoms with Crippen LogP contribution in [0.2, 0.25) is 5.02 Å². The van der Waals surface area contributed by atoms with Crippen molar-refractivity contribution in [3.05, 3.63) is 28.8 Å². The van der Waals surface area contributed by atoms with Gasteiger partial charge in [-0.1, -0.05) is 18.5 Å². The monoisotopic (exact) mass is 342 g/mol. The zero-order valence-electron chi connectivity index (χ0n) is 12.5. The van der Waals surface area contributed by atoms with E-state index < -0.39 is 22.2 Å². The van der Waals surface area contributed by atoms with Gasteiger partial charge in [0.2, 0.25) is 10.0 Å². The van der Waals surface area contributed by atoms with Crippen LogP contribution in [0.1, 0.15) is 32.3 Å². The summed E-state index contributed by atoms with van der Waals surface area (Å²) in [5.41, 5.74) is 0.236. The van der Waals surface area contributed by atoms with Crippen molar-refractivity contribution in [3.63, 3.8) is 0 Å². The smallest absolute Gasteiger partial charge is 0.243 e. The molecule has 0 spiro atoms. The summed E-state index contributed by atoms with van der Waals surface area (Å²) in [4.78, 5) is 0.0525. The summed E-state index contributed by atoms with van der Waals surface area (Å²) in [6, 6.07) is 5.55. The quantitative estimate of drug-likeness (QED) is 0.914. The lowest BCUT2D eigenvalue weighted by Gasteiger charge is -2.39. The number of rotatable bonds is 3. The third kappa shape index (κ3) is 3.28. The zero-order valence-corrected chi connectivity index (χ0v) is 14.1. The van der Waals surface area contributed by atoms with Gasteiger partial charge in [0.1, 0.15) is 6.07 Å². The maximum Gasteiger partial charge on any atom is 0.243 e. The Morgan fingerprint density at radius 2 is 2.18 bits per heavy atom. The lowest BCUT2D eigenvalue weighted by Crippen LogP contribution is -2.50. The van der Waals surface area contributed by atoms with E-state index in [2.05, 4.69) is 6.92 Å². The highest BCUT2D eigenvalue weighted by Crippen LogP contribution is 2.31. The molecule has 1 N–H and O–H groups in total. The lowest BCUT2D eigenvalue weighted by molar-refractivity contribution is 0.0676. The lowest BCUT2D eigenvalue weighted by atomic mass is 9.92. The van der Waals surface area contributed by atoms with Gasteiger partial charge in [0.25, 0.3) is 0 Å². The van der Waals surface area contributed by atoms with Crippen molar-refractivity contribution >= 4 is 21.6 Å². The minimum absolute atomic E-state index is 0.0525. The summed E-state index contributed by atoms with van der Waals surface area (Å²) in [5.74, 6) is 0.371. The molecule has 0 unspecified atom stereocenters. The largest absolute Gasteiger partial charge is 0.392 e. The van der Waals surface area contributed by atoms with Crippen molar-refractivity contribution in [2.45, 2.75) is 43.7 Å². The highest BCUT2D eigenvalue weighted by atomic mass is 35.5. The van der Waals surface area contributed by atoms with E-state index in [-0.39, 0.29) is 15.5 Å². The first-order chi connectivity index (χ1) is 10.3. The van der Waals surface area contributed by atoms with Crippen LogP contribution in [0.25, 0.3) is 0 Å². The minimum atomic E-state index is -3.75. The summed E-state index contributed by atoms with van der Waals surface area (Å²) in [6.07, 6.45) is 0.638. The van der Waals surface area contributed by atoms with Gasteiger partial charge in [-0.2, -0.15) is 9.57 Å². The maximum atomic E-state index is 12.8. The average Bonchev–Trinajstić information content (AvgIpc) is 2.46. The van der Waals surface area contributed by atoms with E-state index in [1.807, 2.05) is 6.07 Å². The molecule has 5 nitrogen and oxygen atoms in total. The fourth-order valence-corrected chi connectivity index (χ4v) is 4.81. The second-order valence-electron chi connectivity index (χ2n) is 5.81. The van der Waals surface area contributed by atoms with Gasteiger partial charge in [0.15, 0.2) is 0 Å². The van der Waals surface area contributed by atoms with Crippen LogP contribution in [0.15, 0.2) is 23.1 Å². The molecule has 0 bridgehead atoms. The molecule has 0 radical (unpaired) electrons. The van der Waals surface area contributed by atoms with Crippen LogP contribution in [-0.2, 0) is 10.0 Å². The van der Waals surface area contributed by atoms with E-state index in [0.29, 0.717) is 18.9 Å². The zero-order chi connectivity index (χ0) is 16.5. The molecule has 2 rings (SSSR count). The normalized spacial score (nSPS) is 24.7. The van der Waals surface area contributed by atoms with Crippen LogP contribution in [0.5, 0.6) is 0 Å². The molecule has 1 aromatic rings. The van der Waals surface area contributed by atoms with E-state index >= 15 is 0 Å². The summed E-state index contributed by atoms with van der Waals surface area (Å²) >= 11 is 5.94. The van der Waals surface area contributed by atoms with Gasteiger partial charge in [0, 0.05) is 6.54 Å². The second kappa shape index (κ2) is 6.55. The molecule has 120 valence electrons. The number of halogens is 1. The molecule has 1 aliphatic heterocycles. The van der Waals surface area contributed by atoms with E-state index in [1.165, 1.54) is 22.5 Å². The van der Waals surface area contributed by atoms with E-state index in [1.54, 1.807) is 6.92 Å². The molecule has 7 heteroatoms. The van der Waals surface area contributed by atoms with Gasteiger partial charge in [-0.05, 0) is 43.9 Å². The fourth-order valence-electron chi connectivity index (χ4n) is 2.78. The van der Waals surface area contributed by atoms with Gasteiger partial charge >= 0.3 is 0 Å². The highest BCUT2D eigenvalue weighted by molar-refractivity contribution is 7.89. The SMILES string of the molecule is C[C@@H]1CCN(S(=O)(=O)c2ccc(C#N)c(Cl)c2)[C@H]([C@@H](C)O)C1. The van der Waals surface area contributed by atoms with Crippen molar-refractivity contribution < 1.29 is 13.5 Å². The topological polar surface area (TPSA) is 81.4 Å². The van der Waals surface area contributed by atoms with Crippen molar-refractivity contribution in [2.75, 3.05) is 6.54 Å². The van der Waals surface area contributed by atoms with Crippen molar-refractivity contribution in [3.8, 4) is 6.07 Å². The highest BCUT2D eigenvalue weighted by Gasteiger charge is 2.38. The number of aliphatic hydroxyl groups is 1. The number of hydrogen-bond donors (Lipinski definition) is 1. The minimum Gasteiger partial charge on any atom is -0.392 e. The predicted molar refractivity (Wildman–Crippen MR) is 83.9 cm³/mol. The van der Waals surface area contributed by atoms with Gasteiger partial charge < -0.3 is 5.11 Å². The predicted octanol–water partition coefficient (Wildman–Crippen LogP) is 2.38. The summed E-state index contributed by atoms with van der Waals surface area (Å²) in [5, 5.41) is 18.9. The van der Waals surface area contributed by atoms with Crippen LogP contribution in [0, 0.1) is 17.2 Å². The second-order valence-corrected chi connectivity index (χ2v) is 8.10. The van der Waals surface area contributed by atoms with Crippen LogP contribution < -0.4 is 0 Å². The summed E-state index contributed by atoms with van der Waals surface area (Å²) in [6.45, 7) is 4.03. The number of nitrogens with zero attached hydrogens (tertiary/aromatic N) is 2. The number of nitriles is 1. The Morgan fingerprint density at radius 1 is 1.50 bits per heavy atom. The molecule has 1 aromatic carbocycles. The van der Waals surface area contributed by atoms with Crippen LogP contribution >= 0.6 is 11.6 Å². The first-order valence-corrected chi connectivity index (χ1v) is 8.98. The molecule has 1 heterocycles. The Kier molecular flexibility index (Phi) is 5.13. The molecular formula is C15H19ClN2O3S. The average molecular weight is 343 g/mol. The van der Waals surface area contributed by atoms with E-state index in [9.17, 15) is 13.5 Å². The number of sulfonamides is 1. The fraction of sp³-hybridized carbons (Fsp3) is 0.533. The number of piperidine rings is 1. The molecule has 0 aromatic heterocycles. The van der Waals surface area contributed by atoms with Crippen LogP contribution in [-0.4, -0.2) is 36.5 Å². The van der Waals surface area contributed by atoms with Crippen molar-refractivity contribution in [1.82, 2.24) is 4.31 Å². The Bertz CT molecular complexity index is 697. The van der Waals surface area contributed by atoms with Gasteiger partial charge in [-0.3, -0.25) is 0 Å². The Balaban J connectivity index is 2.40. The maximum absolute atomic E-state index is 12.8. The van der Waals surface area contributed by atoms with Crippen LogP contribution in [0.3, 0.4) is 0 Å². The molecule has 0 saturated carbocycles.